The third kappa shape index (κ3) is 4.78. The Balaban J connectivity index is 2.33. The molecule has 0 saturated heterocycles. The molecule has 0 saturated carbocycles. The van der Waals surface area contributed by atoms with Gasteiger partial charge in [-0.05, 0) is 25.1 Å². The highest BCUT2D eigenvalue weighted by atomic mass is 79.9. The van der Waals surface area contributed by atoms with E-state index in [1.807, 2.05) is 6.07 Å². The van der Waals surface area contributed by atoms with Crippen LogP contribution in [0.2, 0.25) is 0 Å². The van der Waals surface area contributed by atoms with Crippen LogP contribution in [-0.4, -0.2) is 19.1 Å². The van der Waals surface area contributed by atoms with Crippen LogP contribution in [-0.2, 0) is 6.54 Å². The second-order valence-electron chi connectivity index (χ2n) is 3.68. The summed E-state index contributed by atoms with van der Waals surface area (Å²) in [5.41, 5.74) is 1.31. The summed E-state index contributed by atoms with van der Waals surface area (Å²) in [6.07, 6.45) is 0. The summed E-state index contributed by atoms with van der Waals surface area (Å²) < 4.78 is 1.17. The fraction of sp³-hybridized carbons (Fsp3) is 0.500. The second kappa shape index (κ2) is 6.99. The van der Waals surface area contributed by atoms with E-state index in [2.05, 4.69) is 58.6 Å². The Morgan fingerprint density at radius 3 is 2.73 bits per heavy atom. The van der Waals surface area contributed by atoms with Gasteiger partial charge < -0.3 is 10.6 Å². The van der Waals surface area contributed by atoms with Crippen molar-refractivity contribution in [2.45, 2.75) is 26.4 Å². The lowest BCUT2D eigenvalue weighted by molar-refractivity contribution is 0.508. The maximum Gasteiger partial charge on any atom is 0.0220 e. The van der Waals surface area contributed by atoms with Gasteiger partial charge in [-0.3, -0.25) is 0 Å². The summed E-state index contributed by atoms with van der Waals surface area (Å²) in [4.78, 5) is 0. The van der Waals surface area contributed by atoms with Crippen LogP contribution in [0.1, 0.15) is 19.4 Å². The average molecular weight is 271 g/mol. The first-order valence-electron chi connectivity index (χ1n) is 5.41. The molecule has 15 heavy (non-hydrogen) atoms. The lowest BCUT2D eigenvalue weighted by Crippen LogP contribution is -2.35. The lowest BCUT2D eigenvalue weighted by atomic mass is 10.2. The molecule has 0 heterocycles. The molecule has 1 atom stereocenters. The van der Waals surface area contributed by atoms with E-state index in [0.29, 0.717) is 6.04 Å². The van der Waals surface area contributed by atoms with Gasteiger partial charge in [0, 0.05) is 23.6 Å². The number of benzene rings is 1. The first-order valence-corrected chi connectivity index (χ1v) is 6.20. The molecule has 0 radical (unpaired) electrons. The van der Waals surface area contributed by atoms with Gasteiger partial charge in [0.1, 0.15) is 0 Å². The molecular weight excluding hydrogens is 252 g/mol. The Labute approximate surface area is 101 Å². The summed E-state index contributed by atoms with van der Waals surface area (Å²) in [6.45, 7) is 7.27. The quantitative estimate of drug-likeness (QED) is 0.830. The van der Waals surface area contributed by atoms with Gasteiger partial charge in [-0.1, -0.05) is 41.1 Å². The molecule has 2 nitrogen and oxygen atoms in total. The SMILES string of the molecule is CCNCC(C)NCc1ccccc1Br. The minimum Gasteiger partial charge on any atom is -0.315 e. The highest BCUT2D eigenvalue weighted by Crippen LogP contribution is 2.15. The summed E-state index contributed by atoms with van der Waals surface area (Å²) in [7, 11) is 0. The van der Waals surface area contributed by atoms with Crippen molar-refractivity contribution in [3.63, 3.8) is 0 Å². The molecule has 3 heteroatoms. The molecule has 1 aromatic carbocycles. The zero-order chi connectivity index (χ0) is 11.1. The second-order valence-corrected chi connectivity index (χ2v) is 4.54. The molecular formula is C12H19BrN2. The van der Waals surface area contributed by atoms with Crippen molar-refractivity contribution in [3.05, 3.63) is 34.3 Å². The third-order valence-corrected chi connectivity index (χ3v) is 3.07. The molecule has 1 unspecified atom stereocenters. The van der Waals surface area contributed by atoms with E-state index in [1.165, 1.54) is 10.0 Å². The van der Waals surface area contributed by atoms with Crippen LogP contribution in [0, 0.1) is 0 Å². The smallest absolute Gasteiger partial charge is 0.0220 e. The van der Waals surface area contributed by atoms with Gasteiger partial charge in [-0.25, -0.2) is 0 Å². The third-order valence-electron chi connectivity index (χ3n) is 2.30. The molecule has 0 bridgehead atoms. The van der Waals surface area contributed by atoms with Crippen LogP contribution in [0.5, 0.6) is 0 Å². The number of halogens is 1. The highest BCUT2D eigenvalue weighted by Gasteiger charge is 2.02. The fourth-order valence-corrected chi connectivity index (χ4v) is 1.78. The number of hydrogen-bond donors (Lipinski definition) is 2. The van der Waals surface area contributed by atoms with Crippen LogP contribution in [0.15, 0.2) is 28.7 Å². The molecule has 84 valence electrons. The van der Waals surface area contributed by atoms with Crippen molar-refractivity contribution in [3.8, 4) is 0 Å². The lowest BCUT2D eigenvalue weighted by Gasteiger charge is -2.14. The maximum absolute atomic E-state index is 3.54. The zero-order valence-electron chi connectivity index (χ0n) is 9.39. The molecule has 0 aromatic heterocycles. The summed E-state index contributed by atoms with van der Waals surface area (Å²) in [5, 5.41) is 6.81. The van der Waals surface area contributed by atoms with Gasteiger partial charge in [0.15, 0.2) is 0 Å². The Bertz CT molecular complexity index is 289. The fourth-order valence-electron chi connectivity index (χ4n) is 1.36. The summed E-state index contributed by atoms with van der Waals surface area (Å²) in [6, 6.07) is 8.81. The molecule has 2 N–H and O–H groups in total. The Hall–Kier alpha value is -0.380. The Kier molecular flexibility index (Phi) is 5.91. The van der Waals surface area contributed by atoms with E-state index in [9.17, 15) is 0 Å². The van der Waals surface area contributed by atoms with E-state index in [-0.39, 0.29) is 0 Å². The molecule has 0 spiro atoms. The normalized spacial score (nSPS) is 12.7. The van der Waals surface area contributed by atoms with Gasteiger partial charge in [0.25, 0.3) is 0 Å². The monoisotopic (exact) mass is 270 g/mol. The minimum atomic E-state index is 0.497. The average Bonchev–Trinajstić information content (AvgIpc) is 2.25. The van der Waals surface area contributed by atoms with Gasteiger partial charge in [-0.2, -0.15) is 0 Å². The van der Waals surface area contributed by atoms with Crippen LogP contribution in [0.3, 0.4) is 0 Å². The number of rotatable bonds is 6. The number of nitrogens with one attached hydrogen (secondary N) is 2. The van der Waals surface area contributed by atoms with Gasteiger partial charge in [-0.15, -0.1) is 0 Å². The predicted octanol–water partition coefficient (Wildman–Crippen LogP) is 2.54. The summed E-state index contributed by atoms with van der Waals surface area (Å²) >= 11 is 3.54. The standard InChI is InChI=1S/C12H19BrN2/c1-3-14-8-10(2)15-9-11-6-4-5-7-12(11)13/h4-7,10,14-15H,3,8-9H2,1-2H3. The Morgan fingerprint density at radius 1 is 1.33 bits per heavy atom. The summed E-state index contributed by atoms with van der Waals surface area (Å²) in [5.74, 6) is 0. The predicted molar refractivity (Wildman–Crippen MR) is 69.0 cm³/mol. The van der Waals surface area contributed by atoms with Crippen molar-refractivity contribution in [2.75, 3.05) is 13.1 Å². The van der Waals surface area contributed by atoms with E-state index in [4.69, 9.17) is 0 Å². The van der Waals surface area contributed by atoms with Crippen molar-refractivity contribution < 1.29 is 0 Å². The molecule has 0 aliphatic rings. The largest absolute Gasteiger partial charge is 0.315 e. The Morgan fingerprint density at radius 2 is 2.07 bits per heavy atom. The van der Waals surface area contributed by atoms with E-state index in [0.717, 1.165) is 19.6 Å². The van der Waals surface area contributed by atoms with Crippen molar-refractivity contribution in [1.82, 2.24) is 10.6 Å². The van der Waals surface area contributed by atoms with Crippen LogP contribution in [0.25, 0.3) is 0 Å². The molecule has 1 aromatic rings. The van der Waals surface area contributed by atoms with Gasteiger partial charge in [0.05, 0.1) is 0 Å². The number of likely N-dealkylation sites (N-methyl/N-ethyl adjacent to an activating group) is 1. The van der Waals surface area contributed by atoms with Crippen LogP contribution < -0.4 is 10.6 Å². The van der Waals surface area contributed by atoms with E-state index in [1.54, 1.807) is 0 Å². The van der Waals surface area contributed by atoms with Crippen molar-refractivity contribution in [2.24, 2.45) is 0 Å². The molecule has 0 aliphatic heterocycles. The minimum absolute atomic E-state index is 0.497. The number of hydrogen-bond acceptors (Lipinski definition) is 2. The maximum atomic E-state index is 3.54. The molecule has 0 amide bonds. The zero-order valence-corrected chi connectivity index (χ0v) is 11.0. The van der Waals surface area contributed by atoms with Gasteiger partial charge >= 0.3 is 0 Å². The molecule has 0 aliphatic carbocycles. The van der Waals surface area contributed by atoms with Crippen LogP contribution in [0.4, 0.5) is 0 Å². The van der Waals surface area contributed by atoms with Crippen LogP contribution >= 0.6 is 15.9 Å². The molecule has 1 rings (SSSR count). The van der Waals surface area contributed by atoms with E-state index >= 15 is 0 Å². The topological polar surface area (TPSA) is 24.1 Å². The first-order chi connectivity index (χ1) is 7.24. The van der Waals surface area contributed by atoms with E-state index < -0.39 is 0 Å². The molecule has 0 fully saturated rings. The van der Waals surface area contributed by atoms with Crippen molar-refractivity contribution >= 4 is 15.9 Å². The van der Waals surface area contributed by atoms with Crippen molar-refractivity contribution in [1.29, 1.82) is 0 Å². The van der Waals surface area contributed by atoms with Gasteiger partial charge in [0.2, 0.25) is 0 Å². The first kappa shape index (κ1) is 12.7. The highest BCUT2D eigenvalue weighted by molar-refractivity contribution is 9.10.